The van der Waals surface area contributed by atoms with Crippen LogP contribution in [0.25, 0.3) is 5.69 Å². The largest absolute Gasteiger partial charge is 0.366 e. The van der Waals surface area contributed by atoms with Crippen LogP contribution in [-0.4, -0.2) is 53.9 Å². The minimum absolute atomic E-state index is 0.122. The molecule has 1 saturated heterocycles. The lowest BCUT2D eigenvalue weighted by Crippen LogP contribution is -2.49. The zero-order chi connectivity index (χ0) is 17.6. The first-order chi connectivity index (χ1) is 12.0. The van der Waals surface area contributed by atoms with Gasteiger partial charge < -0.3 is 4.90 Å². The fourth-order valence-electron chi connectivity index (χ4n) is 3.66. The maximum Gasteiger partial charge on any atom is 0.217 e. The van der Waals surface area contributed by atoms with Crippen molar-refractivity contribution in [3.05, 3.63) is 41.7 Å². The number of piperazine rings is 1. The van der Waals surface area contributed by atoms with Gasteiger partial charge in [-0.25, -0.2) is 13.1 Å². The molecule has 0 N–H and O–H groups in total. The van der Waals surface area contributed by atoms with Crippen LogP contribution in [0.15, 0.2) is 30.3 Å². The highest BCUT2D eigenvalue weighted by atomic mass is 32.2. The fraction of sp³-hybridized carbons (Fsp3) is 0.500. The minimum Gasteiger partial charge on any atom is -0.366 e. The Morgan fingerprint density at radius 3 is 2.24 bits per heavy atom. The van der Waals surface area contributed by atoms with Crippen molar-refractivity contribution in [2.45, 2.75) is 31.9 Å². The predicted molar refractivity (Wildman–Crippen MR) is 98.8 cm³/mol. The van der Waals surface area contributed by atoms with E-state index in [0.717, 1.165) is 35.6 Å². The number of sulfonamides is 1. The summed E-state index contributed by atoms with van der Waals surface area (Å²) in [5.41, 5.74) is 4.26. The van der Waals surface area contributed by atoms with Crippen LogP contribution in [0.4, 0.5) is 5.69 Å². The molecule has 0 radical (unpaired) electrons. The summed E-state index contributed by atoms with van der Waals surface area (Å²) in [7, 11) is -3.07. The number of aromatic nitrogens is 2. The standard InChI is InChI=1S/C18H24N4O2S/c1-14-18(15(2)22(19-14)16-6-4-3-5-7-16)20-10-12-21(13-11-20)25(23,24)17-8-9-17/h3-7,17H,8-13H2,1-2H3. The molecule has 134 valence electrons. The molecule has 0 bridgehead atoms. The Kier molecular flexibility index (Phi) is 4.08. The van der Waals surface area contributed by atoms with Crippen molar-refractivity contribution < 1.29 is 8.42 Å². The van der Waals surface area contributed by atoms with E-state index in [9.17, 15) is 8.42 Å². The van der Waals surface area contributed by atoms with Crippen LogP contribution in [0, 0.1) is 13.8 Å². The van der Waals surface area contributed by atoms with E-state index in [1.165, 1.54) is 0 Å². The molecule has 1 aromatic carbocycles. The first kappa shape index (κ1) is 16.6. The van der Waals surface area contributed by atoms with Gasteiger partial charge in [-0.2, -0.15) is 9.40 Å². The zero-order valence-corrected chi connectivity index (χ0v) is 15.5. The Labute approximate surface area is 149 Å². The molecule has 0 spiro atoms. The number of rotatable bonds is 4. The number of nitrogens with zero attached hydrogens (tertiary/aromatic N) is 4. The monoisotopic (exact) mass is 360 g/mol. The van der Waals surface area contributed by atoms with Gasteiger partial charge in [0.25, 0.3) is 0 Å². The second-order valence-corrected chi connectivity index (χ2v) is 9.11. The lowest BCUT2D eigenvalue weighted by molar-refractivity contribution is 0.384. The number of hydrogen-bond acceptors (Lipinski definition) is 4. The van der Waals surface area contributed by atoms with E-state index in [2.05, 4.69) is 11.8 Å². The van der Waals surface area contributed by atoms with Gasteiger partial charge in [0.15, 0.2) is 0 Å². The van der Waals surface area contributed by atoms with Gasteiger partial charge in [0.2, 0.25) is 10.0 Å². The summed E-state index contributed by atoms with van der Waals surface area (Å²) in [5.74, 6) is 0. The molecule has 2 fully saturated rings. The SMILES string of the molecule is Cc1nn(-c2ccccc2)c(C)c1N1CCN(S(=O)(=O)C2CC2)CC1. The summed E-state index contributed by atoms with van der Waals surface area (Å²) in [6, 6.07) is 10.1. The summed E-state index contributed by atoms with van der Waals surface area (Å²) in [4.78, 5) is 2.27. The molecule has 6 nitrogen and oxygen atoms in total. The van der Waals surface area contributed by atoms with Crippen LogP contribution in [0.2, 0.25) is 0 Å². The smallest absolute Gasteiger partial charge is 0.217 e. The van der Waals surface area contributed by atoms with Crippen LogP contribution >= 0.6 is 0 Å². The van der Waals surface area contributed by atoms with Crippen molar-refractivity contribution in [1.82, 2.24) is 14.1 Å². The molecule has 0 unspecified atom stereocenters. The molecule has 1 aromatic heterocycles. The Hall–Kier alpha value is -1.86. The number of benzene rings is 1. The molecule has 2 aromatic rings. The van der Waals surface area contributed by atoms with Crippen LogP contribution in [-0.2, 0) is 10.0 Å². The highest BCUT2D eigenvalue weighted by Gasteiger charge is 2.41. The second-order valence-electron chi connectivity index (χ2n) is 6.90. The van der Waals surface area contributed by atoms with E-state index in [1.54, 1.807) is 4.31 Å². The van der Waals surface area contributed by atoms with Crippen LogP contribution in [0.3, 0.4) is 0 Å². The number of aryl methyl sites for hydroxylation is 1. The highest BCUT2D eigenvalue weighted by molar-refractivity contribution is 7.90. The van der Waals surface area contributed by atoms with Crippen LogP contribution in [0.1, 0.15) is 24.2 Å². The number of hydrogen-bond donors (Lipinski definition) is 0. The molecule has 2 aliphatic rings. The fourth-order valence-corrected chi connectivity index (χ4v) is 5.48. The van der Waals surface area contributed by atoms with Gasteiger partial charge in [-0.1, -0.05) is 18.2 Å². The van der Waals surface area contributed by atoms with Crippen molar-refractivity contribution in [3.8, 4) is 5.69 Å². The molecule has 4 rings (SSSR count). The van der Waals surface area contributed by atoms with E-state index in [-0.39, 0.29) is 5.25 Å². The molecular weight excluding hydrogens is 336 g/mol. The molecule has 0 amide bonds. The van der Waals surface area contributed by atoms with Crippen molar-refractivity contribution in [2.75, 3.05) is 31.1 Å². The minimum atomic E-state index is -3.07. The lowest BCUT2D eigenvalue weighted by Gasteiger charge is -2.35. The van der Waals surface area contributed by atoms with E-state index in [4.69, 9.17) is 5.10 Å². The van der Waals surface area contributed by atoms with Crippen molar-refractivity contribution in [1.29, 1.82) is 0 Å². The van der Waals surface area contributed by atoms with Gasteiger partial charge in [-0.3, -0.25) is 0 Å². The number of anilines is 1. The molecule has 2 heterocycles. The zero-order valence-electron chi connectivity index (χ0n) is 14.7. The molecular formula is C18H24N4O2S. The first-order valence-corrected chi connectivity index (χ1v) is 10.3. The molecule has 25 heavy (non-hydrogen) atoms. The topological polar surface area (TPSA) is 58.4 Å². The van der Waals surface area contributed by atoms with Gasteiger partial charge in [0.1, 0.15) is 0 Å². The molecule has 7 heteroatoms. The van der Waals surface area contributed by atoms with Crippen molar-refractivity contribution in [2.24, 2.45) is 0 Å². The summed E-state index contributed by atoms with van der Waals surface area (Å²) < 4.78 is 28.5. The molecule has 1 saturated carbocycles. The molecule has 0 atom stereocenters. The summed E-state index contributed by atoms with van der Waals surface area (Å²) in [6.07, 6.45) is 1.65. The second kappa shape index (κ2) is 6.14. The third-order valence-electron chi connectivity index (χ3n) is 5.11. The summed E-state index contributed by atoms with van der Waals surface area (Å²) >= 11 is 0. The van der Waals surface area contributed by atoms with Gasteiger partial charge in [0, 0.05) is 26.2 Å². The summed E-state index contributed by atoms with van der Waals surface area (Å²) in [5, 5.41) is 4.58. The maximum absolute atomic E-state index is 12.4. The Morgan fingerprint density at radius 2 is 1.64 bits per heavy atom. The third kappa shape index (κ3) is 2.95. The third-order valence-corrected chi connectivity index (χ3v) is 7.51. The first-order valence-electron chi connectivity index (χ1n) is 8.84. The lowest BCUT2D eigenvalue weighted by atomic mass is 10.2. The van der Waals surface area contributed by atoms with Gasteiger partial charge in [-0.05, 0) is 38.8 Å². The Bertz CT molecular complexity index is 864. The quantitative estimate of drug-likeness (QED) is 0.838. The van der Waals surface area contributed by atoms with E-state index >= 15 is 0 Å². The highest BCUT2D eigenvalue weighted by Crippen LogP contribution is 2.33. The summed E-state index contributed by atoms with van der Waals surface area (Å²) in [6.45, 7) is 6.66. The molecule has 1 aliphatic carbocycles. The Balaban J connectivity index is 1.55. The van der Waals surface area contributed by atoms with E-state index in [0.29, 0.717) is 26.2 Å². The number of para-hydroxylation sites is 1. The predicted octanol–water partition coefficient (Wildman–Crippen LogP) is 2.10. The van der Waals surface area contributed by atoms with E-state index < -0.39 is 10.0 Å². The van der Waals surface area contributed by atoms with E-state index in [1.807, 2.05) is 41.9 Å². The van der Waals surface area contributed by atoms with Gasteiger partial charge in [-0.15, -0.1) is 0 Å². The van der Waals surface area contributed by atoms with Crippen LogP contribution in [0.5, 0.6) is 0 Å². The van der Waals surface area contributed by atoms with Gasteiger partial charge in [0.05, 0.1) is 28.0 Å². The van der Waals surface area contributed by atoms with Crippen LogP contribution < -0.4 is 4.90 Å². The molecule has 1 aliphatic heterocycles. The average Bonchev–Trinajstić information content (AvgIpc) is 3.43. The van der Waals surface area contributed by atoms with Crippen molar-refractivity contribution >= 4 is 15.7 Å². The van der Waals surface area contributed by atoms with Gasteiger partial charge >= 0.3 is 0 Å². The van der Waals surface area contributed by atoms with Crippen molar-refractivity contribution in [3.63, 3.8) is 0 Å². The Morgan fingerprint density at radius 1 is 1.00 bits per heavy atom. The average molecular weight is 360 g/mol. The normalized spacial score (nSPS) is 19.4. The maximum atomic E-state index is 12.4.